The molecule has 0 aromatic carbocycles. The van der Waals surface area contributed by atoms with E-state index in [0.29, 0.717) is 18.5 Å². The molecule has 2 rings (SSSR count). The smallest absolute Gasteiger partial charge is 0.332 e. The van der Waals surface area contributed by atoms with E-state index in [2.05, 4.69) is 4.98 Å². The van der Waals surface area contributed by atoms with Crippen LogP contribution in [0.2, 0.25) is 0 Å². The molecule has 2 unspecified atom stereocenters. The van der Waals surface area contributed by atoms with Crippen molar-refractivity contribution in [3.8, 4) is 0 Å². The molecule has 1 amide bonds. The van der Waals surface area contributed by atoms with Gasteiger partial charge in [-0.1, -0.05) is 0 Å². The van der Waals surface area contributed by atoms with Gasteiger partial charge in [0, 0.05) is 13.2 Å². The molecule has 96 valence electrons. The molecular weight excluding hydrogens is 236 g/mol. The number of nitrogens with zero attached hydrogens (tertiary/aromatic N) is 2. The van der Waals surface area contributed by atoms with Crippen LogP contribution in [0, 0.1) is 0 Å². The third-order valence-corrected chi connectivity index (χ3v) is 2.93. The van der Waals surface area contributed by atoms with Crippen LogP contribution >= 0.6 is 0 Å². The highest BCUT2D eigenvalue weighted by molar-refractivity contribution is 5.96. The van der Waals surface area contributed by atoms with E-state index in [0.717, 1.165) is 0 Å². The molecule has 1 aromatic heterocycles. The third kappa shape index (κ3) is 2.48. The van der Waals surface area contributed by atoms with Crippen LogP contribution in [0.3, 0.4) is 0 Å². The minimum atomic E-state index is -1.02. The van der Waals surface area contributed by atoms with E-state index < -0.39 is 18.2 Å². The van der Waals surface area contributed by atoms with Crippen LogP contribution in [0.4, 0.5) is 5.69 Å². The highest BCUT2D eigenvalue weighted by Crippen LogP contribution is 2.23. The van der Waals surface area contributed by atoms with Gasteiger partial charge in [0.05, 0.1) is 11.9 Å². The zero-order chi connectivity index (χ0) is 13.1. The van der Waals surface area contributed by atoms with Crippen molar-refractivity contribution in [1.82, 2.24) is 4.98 Å². The standard InChI is InChI=1S/C12H14N2O4/c1-14(8-3-2-6-13-7-8)11(15)9-4-5-10(18-9)12(16)17/h2-3,6-7,9-10H,4-5H2,1H3,(H,16,17). The van der Waals surface area contributed by atoms with Crippen molar-refractivity contribution >= 4 is 17.6 Å². The fourth-order valence-electron chi connectivity index (χ4n) is 1.90. The second-order valence-corrected chi connectivity index (χ2v) is 4.14. The number of hydrogen-bond acceptors (Lipinski definition) is 4. The topological polar surface area (TPSA) is 79.7 Å². The maximum atomic E-state index is 12.1. The molecule has 0 spiro atoms. The van der Waals surface area contributed by atoms with Gasteiger partial charge in [0.15, 0.2) is 6.10 Å². The Bertz CT molecular complexity index is 449. The normalized spacial score (nSPS) is 22.7. The molecule has 18 heavy (non-hydrogen) atoms. The summed E-state index contributed by atoms with van der Waals surface area (Å²) in [5.74, 6) is -1.26. The van der Waals surface area contributed by atoms with Crippen LogP contribution in [0.1, 0.15) is 12.8 Å². The van der Waals surface area contributed by atoms with E-state index in [1.54, 1.807) is 31.6 Å². The largest absolute Gasteiger partial charge is 0.479 e. The lowest BCUT2D eigenvalue weighted by Crippen LogP contribution is -2.37. The summed E-state index contributed by atoms with van der Waals surface area (Å²) in [5.41, 5.74) is 0.657. The molecule has 0 radical (unpaired) electrons. The number of aliphatic carboxylic acids is 1. The second-order valence-electron chi connectivity index (χ2n) is 4.14. The summed E-state index contributed by atoms with van der Waals surface area (Å²) in [5, 5.41) is 8.81. The quantitative estimate of drug-likeness (QED) is 0.853. The van der Waals surface area contributed by atoms with E-state index in [4.69, 9.17) is 9.84 Å². The molecule has 1 aliphatic rings. The number of likely N-dealkylation sites (N-methyl/N-ethyl adjacent to an activating group) is 1. The SMILES string of the molecule is CN(C(=O)C1CCC(C(=O)O)O1)c1cccnc1. The van der Waals surface area contributed by atoms with Gasteiger partial charge in [-0.15, -0.1) is 0 Å². The fourth-order valence-corrected chi connectivity index (χ4v) is 1.90. The first-order chi connectivity index (χ1) is 8.59. The minimum Gasteiger partial charge on any atom is -0.479 e. The van der Waals surface area contributed by atoms with Crippen molar-refractivity contribution in [3.63, 3.8) is 0 Å². The Balaban J connectivity index is 2.02. The van der Waals surface area contributed by atoms with Gasteiger partial charge in [-0.3, -0.25) is 9.78 Å². The number of carbonyl (C=O) groups is 2. The Morgan fingerprint density at radius 3 is 2.72 bits per heavy atom. The first-order valence-electron chi connectivity index (χ1n) is 5.65. The number of rotatable bonds is 3. The summed E-state index contributed by atoms with van der Waals surface area (Å²) in [6, 6.07) is 3.49. The van der Waals surface area contributed by atoms with Crippen molar-refractivity contribution in [1.29, 1.82) is 0 Å². The Morgan fingerprint density at radius 1 is 1.44 bits per heavy atom. The van der Waals surface area contributed by atoms with Crippen molar-refractivity contribution in [2.75, 3.05) is 11.9 Å². The summed E-state index contributed by atoms with van der Waals surface area (Å²) in [6.07, 6.45) is 2.43. The number of ether oxygens (including phenoxy) is 1. The van der Waals surface area contributed by atoms with Crippen LogP contribution in [0.5, 0.6) is 0 Å². The lowest BCUT2D eigenvalue weighted by Gasteiger charge is -2.20. The second kappa shape index (κ2) is 5.14. The Kier molecular flexibility index (Phi) is 3.57. The number of pyridine rings is 1. The van der Waals surface area contributed by atoms with Gasteiger partial charge < -0.3 is 14.7 Å². The molecule has 0 aliphatic carbocycles. The average Bonchev–Trinajstić information content (AvgIpc) is 2.88. The summed E-state index contributed by atoms with van der Waals surface area (Å²) in [7, 11) is 1.62. The number of carboxylic acids is 1. The predicted octanol–water partition coefficient (Wildman–Crippen LogP) is 0.677. The molecule has 2 heterocycles. The first kappa shape index (κ1) is 12.5. The number of carbonyl (C=O) groups excluding carboxylic acids is 1. The maximum absolute atomic E-state index is 12.1. The van der Waals surface area contributed by atoms with Crippen LogP contribution in [-0.2, 0) is 14.3 Å². The number of amides is 1. The summed E-state index contributed by atoms with van der Waals surface area (Å²) in [6.45, 7) is 0. The van der Waals surface area contributed by atoms with Gasteiger partial charge in [0.2, 0.25) is 0 Å². The van der Waals surface area contributed by atoms with Crippen LogP contribution < -0.4 is 4.90 Å². The van der Waals surface area contributed by atoms with E-state index >= 15 is 0 Å². The Labute approximate surface area is 104 Å². The first-order valence-corrected chi connectivity index (χ1v) is 5.65. The highest BCUT2D eigenvalue weighted by atomic mass is 16.5. The van der Waals surface area contributed by atoms with Gasteiger partial charge in [0.25, 0.3) is 5.91 Å². The molecule has 1 fully saturated rings. The van der Waals surface area contributed by atoms with Crippen molar-refractivity contribution in [2.45, 2.75) is 25.0 Å². The zero-order valence-corrected chi connectivity index (χ0v) is 9.94. The number of carboxylic acid groups (broad SMARTS) is 1. The molecule has 0 bridgehead atoms. The zero-order valence-electron chi connectivity index (χ0n) is 9.94. The van der Waals surface area contributed by atoms with E-state index in [-0.39, 0.29) is 5.91 Å². The van der Waals surface area contributed by atoms with Crippen molar-refractivity contribution in [3.05, 3.63) is 24.5 Å². The molecule has 1 aliphatic heterocycles. The molecule has 1 saturated heterocycles. The van der Waals surface area contributed by atoms with Crippen LogP contribution in [0.25, 0.3) is 0 Å². The van der Waals surface area contributed by atoms with E-state index in [1.165, 1.54) is 4.90 Å². The van der Waals surface area contributed by atoms with Gasteiger partial charge in [0.1, 0.15) is 6.10 Å². The summed E-state index contributed by atoms with van der Waals surface area (Å²) in [4.78, 5) is 28.2. The monoisotopic (exact) mass is 250 g/mol. The van der Waals surface area contributed by atoms with Crippen LogP contribution in [0.15, 0.2) is 24.5 Å². The average molecular weight is 250 g/mol. The molecule has 2 atom stereocenters. The van der Waals surface area contributed by atoms with Gasteiger partial charge in [-0.05, 0) is 25.0 Å². The lowest BCUT2D eigenvalue weighted by molar-refractivity contribution is -0.151. The third-order valence-electron chi connectivity index (χ3n) is 2.93. The van der Waals surface area contributed by atoms with Gasteiger partial charge in [-0.25, -0.2) is 4.79 Å². The van der Waals surface area contributed by atoms with Crippen LogP contribution in [-0.4, -0.2) is 41.2 Å². The van der Waals surface area contributed by atoms with Gasteiger partial charge in [-0.2, -0.15) is 0 Å². The molecular formula is C12H14N2O4. The lowest BCUT2D eigenvalue weighted by atomic mass is 10.2. The minimum absolute atomic E-state index is 0.244. The number of anilines is 1. The van der Waals surface area contributed by atoms with Crippen molar-refractivity contribution < 1.29 is 19.4 Å². The maximum Gasteiger partial charge on any atom is 0.332 e. The number of aromatic nitrogens is 1. The Hall–Kier alpha value is -1.95. The predicted molar refractivity (Wildman–Crippen MR) is 63.2 cm³/mol. The molecule has 6 heteroatoms. The highest BCUT2D eigenvalue weighted by Gasteiger charge is 2.36. The summed E-state index contributed by atoms with van der Waals surface area (Å²) >= 11 is 0. The molecule has 1 N–H and O–H groups in total. The van der Waals surface area contributed by atoms with Crippen molar-refractivity contribution in [2.24, 2.45) is 0 Å². The van der Waals surface area contributed by atoms with Gasteiger partial charge >= 0.3 is 5.97 Å². The van der Waals surface area contributed by atoms with E-state index in [1.807, 2.05) is 0 Å². The molecule has 1 aromatic rings. The molecule has 0 saturated carbocycles. The number of hydrogen-bond donors (Lipinski definition) is 1. The Morgan fingerprint density at radius 2 is 2.17 bits per heavy atom. The fraction of sp³-hybridized carbons (Fsp3) is 0.417. The molecule has 6 nitrogen and oxygen atoms in total. The van der Waals surface area contributed by atoms with E-state index in [9.17, 15) is 9.59 Å². The summed E-state index contributed by atoms with van der Waals surface area (Å²) < 4.78 is 5.22.